The van der Waals surface area contributed by atoms with Crippen molar-refractivity contribution in [1.82, 2.24) is 5.32 Å². The maximum Gasteiger partial charge on any atom is 0.305 e. The van der Waals surface area contributed by atoms with E-state index in [4.69, 9.17) is 5.11 Å². The molecule has 17 heavy (non-hydrogen) atoms. The van der Waals surface area contributed by atoms with Crippen LogP contribution >= 0.6 is 0 Å². The number of aliphatic carboxylic acids is 1. The first-order valence-electron chi connectivity index (χ1n) is 5.21. The van der Waals surface area contributed by atoms with Crippen LogP contribution in [-0.4, -0.2) is 23.0 Å². The molecule has 1 aromatic rings. The number of carbonyl (C=O) groups excluding carboxylic acids is 1. The number of amides is 1. The van der Waals surface area contributed by atoms with Crippen LogP contribution in [0.5, 0.6) is 0 Å². The van der Waals surface area contributed by atoms with Crippen LogP contribution in [-0.2, 0) is 16.0 Å². The largest absolute Gasteiger partial charge is 0.481 e. The first kappa shape index (κ1) is 13.2. The zero-order chi connectivity index (χ0) is 12.8. The van der Waals surface area contributed by atoms with Crippen molar-refractivity contribution < 1.29 is 19.1 Å². The lowest BCUT2D eigenvalue weighted by Gasteiger charge is -2.16. The Balaban J connectivity index is 2.75. The normalized spacial score (nSPS) is 11.9. The third kappa shape index (κ3) is 4.63. The maximum absolute atomic E-state index is 13.4. The molecule has 1 amide bonds. The Morgan fingerprint density at radius 3 is 2.59 bits per heavy atom. The van der Waals surface area contributed by atoms with Crippen molar-refractivity contribution in [3.8, 4) is 0 Å². The molecule has 0 unspecified atom stereocenters. The van der Waals surface area contributed by atoms with Crippen molar-refractivity contribution >= 4 is 11.9 Å². The fourth-order valence-corrected chi connectivity index (χ4v) is 1.60. The van der Waals surface area contributed by atoms with Crippen LogP contribution < -0.4 is 5.32 Å². The zero-order valence-electron chi connectivity index (χ0n) is 9.44. The van der Waals surface area contributed by atoms with Gasteiger partial charge in [0.05, 0.1) is 6.42 Å². The summed E-state index contributed by atoms with van der Waals surface area (Å²) in [6.45, 7) is 1.30. The summed E-state index contributed by atoms with van der Waals surface area (Å²) >= 11 is 0. The van der Waals surface area contributed by atoms with Gasteiger partial charge in [-0.3, -0.25) is 9.59 Å². The number of carbonyl (C=O) groups is 2. The summed E-state index contributed by atoms with van der Waals surface area (Å²) in [5.41, 5.74) is 0.396. The molecule has 4 nitrogen and oxygen atoms in total. The van der Waals surface area contributed by atoms with Crippen molar-refractivity contribution in [3.63, 3.8) is 0 Å². The van der Waals surface area contributed by atoms with Gasteiger partial charge in [0.2, 0.25) is 5.91 Å². The fourth-order valence-electron chi connectivity index (χ4n) is 1.60. The van der Waals surface area contributed by atoms with Crippen molar-refractivity contribution in [2.45, 2.75) is 25.8 Å². The molecule has 0 saturated carbocycles. The summed E-state index contributed by atoms with van der Waals surface area (Å²) in [4.78, 5) is 21.5. The molecule has 2 N–H and O–H groups in total. The molecule has 0 spiro atoms. The monoisotopic (exact) mass is 239 g/mol. The van der Waals surface area contributed by atoms with E-state index in [1.807, 2.05) is 0 Å². The highest BCUT2D eigenvalue weighted by molar-refractivity contribution is 5.75. The highest BCUT2D eigenvalue weighted by Gasteiger charge is 2.16. The molecule has 5 heteroatoms. The van der Waals surface area contributed by atoms with Gasteiger partial charge < -0.3 is 10.4 Å². The quantitative estimate of drug-likeness (QED) is 0.815. The van der Waals surface area contributed by atoms with E-state index in [2.05, 4.69) is 5.32 Å². The minimum absolute atomic E-state index is 0.165. The number of carboxylic acid groups (broad SMARTS) is 1. The van der Waals surface area contributed by atoms with Crippen molar-refractivity contribution in [1.29, 1.82) is 0 Å². The van der Waals surface area contributed by atoms with Crippen LogP contribution in [0.3, 0.4) is 0 Å². The lowest BCUT2D eigenvalue weighted by Crippen LogP contribution is -2.36. The second-order valence-electron chi connectivity index (χ2n) is 3.79. The molecule has 0 aliphatic rings. The van der Waals surface area contributed by atoms with E-state index >= 15 is 0 Å². The molecular weight excluding hydrogens is 225 g/mol. The van der Waals surface area contributed by atoms with E-state index < -0.39 is 17.8 Å². The maximum atomic E-state index is 13.4. The molecule has 0 saturated heterocycles. The molecule has 0 radical (unpaired) electrons. The van der Waals surface area contributed by atoms with Gasteiger partial charge in [-0.15, -0.1) is 0 Å². The van der Waals surface area contributed by atoms with Gasteiger partial charge in [0.1, 0.15) is 5.82 Å². The molecule has 1 aromatic carbocycles. The Morgan fingerprint density at radius 1 is 1.41 bits per heavy atom. The molecule has 0 fully saturated rings. The van der Waals surface area contributed by atoms with E-state index in [1.54, 1.807) is 18.2 Å². The molecule has 1 rings (SSSR count). The Bertz CT molecular complexity index is 404. The number of carboxylic acids is 1. The SMILES string of the molecule is CC(=O)N[C@@H](CC(=O)O)Cc1ccccc1F. The average molecular weight is 239 g/mol. The van der Waals surface area contributed by atoms with Gasteiger partial charge in [-0.1, -0.05) is 18.2 Å². The summed E-state index contributed by atoms with van der Waals surface area (Å²) in [6, 6.07) is 5.52. The van der Waals surface area contributed by atoms with Crippen molar-refractivity contribution in [3.05, 3.63) is 35.6 Å². The number of hydrogen-bond donors (Lipinski definition) is 2. The third-order valence-corrected chi connectivity index (χ3v) is 2.25. The van der Waals surface area contributed by atoms with Crippen LogP contribution in [0.25, 0.3) is 0 Å². The van der Waals surface area contributed by atoms with Gasteiger partial charge in [0.25, 0.3) is 0 Å². The standard InChI is InChI=1S/C12H14FNO3/c1-8(15)14-10(7-12(16)17)6-9-4-2-3-5-11(9)13/h2-5,10H,6-7H2,1H3,(H,14,15)(H,16,17)/t10-/m1/s1. The molecule has 0 aliphatic heterocycles. The lowest BCUT2D eigenvalue weighted by molar-refractivity contribution is -0.137. The van der Waals surface area contributed by atoms with Gasteiger partial charge in [-0.05, 0) is 18.1 Å². The van der Waals surface area contributed by atoms with E-state index in [1.165, 1.54) is 13.0 Å². The molecule has 0 aliphatic carbocycles. The summed E-state index contributed by atoms with van der Waals surface area (Å²) < 4.78 is 13.4. The van der Waals surface area contributed by atoms with Crippen LogP contribution in [0.1, 0.15) is 18.9 Å². The van der Waals surface area contributed by atoms with E-state index in [9.17, 15) is 14.0 Å². The second-order valence-corrected chi connectivity index (χ2v) is 3.79. The van der Waals surface area contributed by atoms with Crippen LogP contribution in [0, 0.1) is 5.82 Å². The Kier molecular flexibility index (Phi) is 4.63. The van der Waals surface area contributed by atoms with Crippen molar-refractivity contribution in [2.24, 2.45) is 0 Å². The minimum Gasteiger partial charge on any atom is -0.481 e. The van der Waals surface area contributed by atoms with Gasteiger partial charge >= 0.3 is 5.97 Å². The van der Waals surface area contributed by atoms with E-state index in [-0.39, 0.29) is 18.7 Å². The lowest BCUT2D eigenvalue weighted by atomic mass is 10.0. The first-order valence-corrected chi connectivity index (χ1v) is 5.21. The summed E-state index contributed by atoms with van der Waals surface area (Å²) in [5.74, 6) is -1.75. The van der Waals surface area contributed by atoms with Crippen molar-refractivity contribution in [2.75, 3.05) is 0 Å². The zero-order valence-corrected chi connectivity index (χ0v) is 9.44. The molecular formula is C12H14FNO3. The Hall–Kier alpha value is -1.91. The highest BCUT2D eigenvalue weighted by atomic mass is 19.1. The van der Waals surface area contributed by atoms with Gasteiger partial charge in [0.15, 0.2) is 0 Å². The fraction of sp³-hybridized carbons (Fsp3) is 0.333. The minimum atomic E-state index is -1.03. The van der Waals surface area contributed by atoms with Gasteiger partial charge in [-0.25, -0.2) is 4.39 Å². The van der Waals surface area contributed by atoms with Crippen LogP contribution in [0.2, 0.25) is 0 Å². The van der Waals surface area contributed by atoms with Gasteiger partial charge in [0, 0.05) is 13.0 Å². The van der Waals surface area contributed by atoms with E-state index in [0.29, 0.717) is 5.56 Å². The predicted molar refractivity (Wildman–Crippen MR) is 60.0 cm³/mol. The Labute approximate surface area is 98.5 Å². The first-order chi connectivity index (χ1) is 7.99. The smallest absolute Gasteiger partial charge is 0.305 e. The molecule has 92 valence electrons. The van der Waals surface area contributed by atoms with Gasteiger partial charge in [-0.2, -0.15) is 0 Å². The highest BCUT2D eigenvalue weighted by Crippen LogP contribution is 2.10. The topological polar surface area (TPSA) is 66.4 Å². The second kappa shape index (κ2) is 5.98. The third-order valence-electron chi connectivity index (χ3n) is 2.25. The summed E-state index contributed by atoms with van der Waals surface area (Å²) in [5, 5.41) is 11.2. The molecule has 0 aromatic heterocycles. The summed E-state index contributed by atoms with van der Waals surface area (Å²) in [6.07, 6.45) is -0.0630. The number of halogens is 1. The number of rotatable bonds is 5. The number of hydrogen-bond acceptors (Lipinski definition) is 2. The average Bonchev–Trinajstić information content (AvgIpc) is 2.19. The molecule has 1 atom stereocenters. The van der Waals surface area contributed by atoms with Crippen LogP contribution in [0.4, 0.5) is 4.39 Å². The van der Waals surface area contributed by atoms with E-state index in [0.717, 1.165) is 0 Å². The van der Waals surface area contributed by atoms with Crippen LogP contribution in [0.15, 0.2) is 24.3 Å². The molecule has 0 bridgehead atoms. The predicted octanol–water partition coefficient (Wildman–Crippen LogP) is 1.35. The number of nitrogens with one attached hydrogen (secondary N) is 1. The number of benzene rings is 1. The Morgan fingerprint density at radius 2 is 2.06 bits per heavy atom. The molecule has 0 heterocycles. The summed E-state index contributed by atoms with van der Waals surface area (Å²) in [7, 11) is 0.